The maximum Gasteiger partial charge on any atom is 0.416 e. The molecule has 2 unspecified atom stereocenters. The first kappa shape index (κ1) is 23.0. The van der Waals surface area contributed by atoms with Crippen LogP contribution in [-0.2, 0) is 22.2 Å². The van der Waals surface area contributed by atoms with Crippen LogP contribution in [-0.4, -0.2) is 47.0 Å². The number of halogens is 3. The molecule has 1 saturated heterocycles. The van der Waals surface area contributed by atoms with E-state index in [0.29, 0.717) is 23.4 Å². The van der Waals surface area contributed by atoms with Gasteiger partial charge in [-0.15, -0.1) is 0 Å². The molecule has 1 fully saturated rings. The molecular formula is C19H23F3N4O4. The van der Waals surface area contributed by atoms with Gasteiger partial charge in [-0.05, 0) is 37.0 Å². The van der Waals surface area contributed by atoms with Crippen LogP contribution < -0.4 is 16.4 Å². The number of nitrogens with two attached hydrogens (primary N) is 1. The van der Waals surface area contributed by atoms with Gasteiger partial charge in [0.2, 0.25) is 5.91 Å². The number of imide groups is 1. The van der Waals surface area contributed by atoms with Crippen LogP contribution in [0.1, 0.15) is 24.0 Å². The fourth-order valence-corrected chi connectivity index (χ4v) is 3.17. The van der Waals surface area contributed by atoms with E-state index >= 15 is 0 Å². The Hall–Kier alpha value is -3.24. The molecule has 2 rings (SSSR count). The van der Waals surface area contributed by atoms with Crippen LogP contribution in [0.2, 0.25) is 0 Å². The van der Waals surface area contributed by atoms with Crippen molar-refractivity contribution in [3.8, 4) is 0 Å². The number of nitrogens with zero attached hydrogens (tertiary/aromatic N) is 1. The number of carboxylic acids is 1. The van der Waals surface area contributed by atoms with Crippen LogP contribution in [0.25, 0.3) is 0 Å². The molecule has 11 heteroatoms. The summed E-state index contributed by atoms with van der Waals surface area (Å²) in [7, 11) is 0. The average molecular weight is 428 g/mol. The highest BCUT2D eigenvalue weighted by Crippen LogP contribution is 2.31. The molecule has 2 atom stereocenters. The van der Waals surface area contributed by atoms with Crippen molar-refractivity contribution in [1.82, 2.24) is 15.5 Å². The van der Waals surface area contributed by atoms with Crippen molar-refractivity contribution >= 4 is 17.9 Å². The molecule has 164 valence electrons. The number of hydrogen-bond donors (Lipinski definition) is 4. The Kier molecular flexibility index (Phi) is 7.30. The third-order valence-electron chi connectivity index (χ3n) is 4.70. The third-order valence-corrected chi connectivity index (χ3v) is 4.70. The molecule has 1 aromatic rings. The van der Waals surface area contributed by atoms with Crippen LogP contribution in [0.3, 0.4) is 0 Å². The van der Waals surface area contributed by atoms with Crippen LogP contribution >= 0.6 is 0 Å². The maximum atomic E-state index is 12.6. The summed E-state index contributed by atoms with van der Waals surface area (Å²) in [5.41, 5.74) is 5.14. The summed E-state index contributed by atoms with van der Waals surface area (Å²) in [5.74, 6) is -2.41. The molecule has 0 aliphatic carbocycles. The van der Waals surface area contributed by atoms with Gasteiger partial charge in [0.1, 0.15) is 0 Å². The second-order valence-corrected chi connectivity index (χ2v) is 6.87. The lowest BCUT2D eigenvalue weighted by Crippen LogP contribution is -2.68. The lowest BCUT2D eigenvalue weighted by molar-refractivity contribution is -0.166. The smallest absolute Gasteiger partial charge is 0.416 e. The minimum absolute atomic E-state index is 0.0352. The number of rotatable bonds is 9. The van der Waals surface area contributed by atoms with Crippen LogP contribution in [0.4, 0.5) is 18.0 Å². The number of carboxylic acid groups (broad SMARTS) is 1. The molecule has 0 bridgehead atoms. The number of aliphatic carboxylic acids is 1. The van der Waals surface area contributed by atoms with Gasteiger partial charge in [0.15, 0.2) is 6.04 Å². The molecule has 0 spiro atoms. The van der Waals surface area contributed by atoms with E-state index < -0.39 is 41.6 Å². The predicted octanol–water partition coefficient (Wildman–Crippen LogP) is 1.67. The number of amides is 3. The van der Waals surface area contributed by atoms with E-state index in [2.05, 4.69) is 17.2 Å². The molecule has 5 N–H and O–H groups in total. The molecule has 8 nitrogen and oxygen atoms in total. The van der Waals surface area contributed by atoms with Crippen molar-refractivity contribution in [2.45, 2.75) is 31.5 Å². The Morgan fingerprint density at radius 1 is 1.17 bits per heavy atom. The number of urea groups is 1. The van der Waals surface area contributed by atoms with Gasteiger partial charge in [-0.3, -0.25) is 4.79 Å². The molecule has 1 aliphatic rings. The number of carbonyl (C=O) groups excluding carboxylic acids is 2. The first-order chi connectivity index (χ1) is 14.0. The molecule has 30 heavy (non-hydrogen) atoms. The van der Waals surface area contributed by atoms with Crippen LogP contribution in [0, 0.1) is 5.92 Å². The SMILES string of the molecule is C=C(N)NCCCC1C(=O)N(C(=O)NCCc2ccc(C(F)(F)F)cc2)C1C(=O)O. The Balaban J connectivity index is 1.84. The van der Waals surface area contributed by atoms with E-state index in [-0.39, 0.29) is 25.2 Å². The lowest BCUT2D eigenvalue weighted by Gasteiger charge is -2.42. The van der Waals surface area contributed by atoms with E-state index in [1.54, 1.807) is 0 Å². The monoisotopic (exact) mass is 428 g/mol. The Labute approximate surface area is 170 Å². The molecule has 1 aliphatic heterocycles. The summed E-state index contributed by atoms with van der Waals surface area (Å²) in [6, 6.07) is 2.37. The predicted molar refractivity (Wildman–Crippen MR) is 101 cm³/mol. The van der Waals surface area contributed by atoms with Crippen molar-refractivity contribution < 1.29 is 32.7 Å². The second kappa shape index (κ2) is 9.51. The summed E-state index contributed by atoms with van der Waals surface area (Å²) < 4.78 is 37.7. The standard InChI is InChI=1S/C19H23F3N4O4/c1-11(23)24-9-2-3-14-15(17(28)29)26(16(14)27)18(30)25-10-8-12-4-6-13(7-5-12)19(20,21)22/h4-7,14-15,24H,1-3,8-10,23H2,(H,25,30)(H,28,29). The van der Waals surface area contributed by atoms with E-state index in [1.807, 2.05) is 0 Å². The summed E-state index contributed by atoms with van der Waals surface area (Å²) in [4.78, 5) is 36.6. The lowest BCUT2D eigenvalue weighted by atomic mass is 9.84. The largest absolute Gasteiger partial charge is 0.480 e. The highest BCUT2D eigenvalue weighted by Gasteiger charge is 2.54. The highest BCUT2D eigenvalue weighted by atomic mass is 19.4. The Bertz CT molecular complexity index is 811. The summed E-state index contributed by atoms with van der Waals surface area (Å²) in [6.07, 6.45) is -3.46. The van der Waals surface area contributed by atoms with E-state index in [9.17, 15) is 32.7 Å². The first-order valence-electron chi connectivity index (χ1n) is 9.20. The van der Waals surface area contributed by atoms with Gasteiger partial charge in [-0.2, -0.15) is 13.2 Å². The van der Waals surface area contributed by atoms with Crippen molar-refractivity contribution in [3.05, 3.63) is 47.8 Å². The van der Waals surface area contributed by atoms with Gasteiger partial charge < -0.3 is 21.5 Å². The molecule has 1 aromatic carbocycles. The zero-order chi connectivity index (χ0) is 22.5. The van der Waals surface area contributed by atoms with Gasteiger partial charge in [0.25, 0.3) is 0 Å². The summed E-state index contributed by atoms with van der Waals surface area (Å²) >= 11 is 0. The van der Waals surface area contributed by atoms with E-state index in [0.717, 1.165) is 12.1 Å². The fourth-order valence-electron chi connectivity index (χ4n) is 3.17. The van der Waals surface area contributed by atoms with Crippen LogP contribution in [0.5, 0.6) is 0 Å². The summed E-state index contributed by atoms with van der Waals surface area (Å²) in [5, 5.41) is 14.6. The highest BCUT2D eigenvalue weighted by molar-refractivity contribution is 6.07. The van der Waals surface area contributed by atoms with Crippen molar-refractivity contribution in [2.75, 3.05) is 13.1 Å². The maximum absolute atomic E-state index is 12.6. The summed E-state index contributed by atoms with van der Waals surface area (Å²) in [6.45, 7) is 3.92. The van der Waals surface area contributed by atoms with Gasteiger partial charge in [-0.1, -0.05) is 18.7 Å². The van der Waals surface area contributed by atoms with E-state index in [4.69, 9.17) is 5.73 Å². The van der Waals surface area contributed by atoms with Gasteiger partial charge in [0, 0.05) is 13.1 Å². The number of likely N-dealkylation sites (tertiary alicyclic amines) is 1. The third kappa shape index (κ3) is 5.65. The quantitative estimate of drug-likeness (QED) is 0.350. The van der Waals surface area contributed by atoms with Crippen LogP contribution in [0.15, 0.2) is 36.7 Å². The van der Waals surface area contributed by atoms with Crippen molar-refractivity contribution in [1.29, 1.82) is 0 Å². The first-order valence-corrected chi connectivity index (χ1v) is 9.20. The van der Waals surface area contributed by atoms with Gasteiger partial charge in [0.05, 0.1) is 17.3 Å². The zero-order valence-electron chi connectivity index (χ0n) is 16.0. The number of nitrogens with one attached hydrogen (secondary N) is 2. The molecular weight excluding hydrogens is 405 g/mol. The second-order valence-electron chi connectivity index (χ2n) is 6.87. The number of hydrogen-bond acceptors (Lipinski definition) is 5. The fraction of sp³-hybridized carbons (Fsp3) is 0.421. The van der Waals surface area contributed by atoms with Gasteiger partial charge in [-0.25, -0.2) is 14.5 Å². The Morgan fingerprint density at radius 3 is 2.33 bits per heavy atom. The minimum Gasteiger partial charge on any atom is -0.480 e. The molecule has 1 heterocycles. The Morgan fingerprint density at radius 2 is 1.80 bits per heavy atom. The molecule has 0 radical (unpaired) electrons. The molecule has 0 aromatic heterocycles. The number of β-lactam (4-membered cyclic amide) rings is 1. The molecule has 3 amide bonds. The minimum atomic E-state index is -4.43. The van der Waals surface area contributed by atoms with Crippen molar-refractivity contribution in [3.63, 3.8) is 0 Å². The van der Waals surface area contributed by atoms with Crippen molar-refractivity contribution in [2.24, 2.45) is 11.7 Å². The number of alkyl halides is 3. The normalized spacial score (nSPS) is 18.5. The average Bonchev–Trinajstić information content (AvgIpc) is 2.64. The van der Waals surface area contributed by atoms with Gasteiger partial charge >= 0.3 is 18.2 Å². The topological polar surface area (TPSA) is 125 Å². The number of benzene rings is 1. The zero-order valence-corrected chi connectivity index (χ0v) is 16.0. The molecule has 0 saturated carbocycles. The number of carbonyl (C=O) groups is 3. The van der Waals surface area contributed by atoms with E-state index in [1.165, 1.54) is 12.1 Å².